The van der Waals surface area contributed by atoms with Gasteiger partial charge < -0.3 is 28.8 Å². The minimum absolute atomic E-state index is 0.166. The molecule has 0 unspecified atom stereocenters. The van der Waals surface area contributed by atoms with Gasteiger partial charge in [0.1, 0.15) is 24.4 Å². The third-order valence-corrected chi connectivity index (χ3v) is 3.33. The zero-order valence-corrected chi connectivity index (χ0v) is 14.2. The van der Waals surface area contributed by atoms with Crippen LogP contribution in [0.15, 0.2) is 0 Å². The first-order valence-corrected chi connectivity index (χ1v) is 7.29. The Morgan fingerprint density at radius 3 is 2.24 bits per heavy atom. The standard InChI is InChI=1S/C15H30O6/c1-14(2,3)19-8-10(16)12(17-6)13(18-7)11-9-20-15(4,5)21-11/h10-13,16H,8-9H2,1-7H3/t10-,11-,12-,13-/m0/s1. The van der Waals surface area contributed by atoms with Crippen molar-refractivity contribution in [2.24, 2.45) is 0 Å². The van der Waals surface area contributed by atoms with Crippen LogP contribution in [-0.4, -0.2) is 68.3 Å². The molecule has 1 saturated heterocycles. The van der Waals surface area contributed by atoms with Gasteiger partial charge in [-0.25, -0.2) is 0 Å². The quantitative estimate of drug-likeness (QED) is 0.766. The van der Waals surface area contributed by atoms with Crippen molar-refractivity contribution in [3.63, 3.8) is 0 Å². The summed E-state index contributed by atoms with van der Waals surface area (Å²) in [6, 6.07) is 0. The molecule has 4 atom stereocenters. The van der Waals surface area contributed by atoms with E-state index in [2.05, 4.69) is 0 Å². The molecular formula is C15H30O6. The van der Waals surface area contributed by atoms with E-state index in [4.69, 9.17) is 23.7 Å². The Morgan fingerprint density at radius 1 is 1.24 bits per heavy atom. The molecule has 1 aliphatic heterocycles. The number of methoxy groups -OCH3 is 2. The van der Waals surface area contributed by atoms with E-state index in [0.717, 1.165) is 0 Å². The molecule has 0 radical (unpaired) electrons. The average Bonchev–Trinajstić information content (AvgIpc) is 2.72. The predicted octanol–water partition coefficient (Wildman–Crippen LogP) is 1.34. The maximum absolute atomic E-state index is 10.3. The second kappa shape index (κ2) is 7.35. The topological polar surface area (TPSA) is 66.4 Å². The Kier molecular flexibility index (Phi) is 6.58. The minimum atomic E-state index is -0.813. The van der Waals surface area contributed by atoms with Gasteiger partial charge in [0.05, 0.1) is 18.8 Å². The normalized spacial score (nSPS) is 26.6. The van der Waals surface area contributed by atoms with E-state index < -0.39 is 24.1 Å². The third-order valence-electron chi connectivity index (χ3n) is 3.33. The first-order valence-electron chi connectivity index (χ1n) is 7.29. The highest BCUT2D eigenvalue weighted by molar-refractivity contribution is 4.88. The van der Waals surface area contributed by atoms with Crippen molar-refractivity contribution in [3.8, 4) is 0 Å². The zero-order chi connectivity index (χ0) is 16.3. The molecule has 0 spiro atoms. The summed E-state index contributed by atoms with van der Waals surface area (Å²) in [7, 11) is 3.11. The molecule has 0 aromatic carbocycles. The molecule has 0 saturated carbocycles. The fourth-order valence-corrected chi connectivity index (χ4v) is 2.32. The molecule has 1 aliphatic rings. The molecule has 0 aromatic heterocycles. The van der Waals surface area contributed by atoms with Crippen LogP contribution in [0.4, 0.5) is 0 Å². The summed E-state index contributed by atoms with van der Waals surface area (Å²) in [5.41, 5.74) is -0.323. The van der Waals surface area contributed by atoms with Crippen LogP contribution in [0.5, 0.6) is 0 Å². The molecule has 0 bridgehead atoms. The predicted molar refractivity (Wildman–Crippen MR) is 78.2 cm³/mol. The van der Waals surface area contributed by atoms with E-state index >= 15 is 0 Å². The van der Waals surface area contributed by atoms with E-state index in [1.807, 2.05) is 34.6 Å². The lowest BCUT2D eigenvalue weighted by Crippen LogP contribution is -2.50. The van der Waals surface area contributed by atoms with Gasteiger partial charge in [-0.1, -0.05) is 0 Å². The van der Waals surface area contributed by atoms with Gasteiger partial charge in [-0.05, 0) is 34.6 Å². The van der Waals surface area contributed by atoms with Gasteiger partial charge in [-0.3, -0.25) is 0 Å². The maximum Gasteiger partial charge on any atom is 0.163 e. The second-order valence-corrected chi connectivity index (χ2v) is 6.76. The molecule has 0 aliphatic carbocycles. The van der Waals surface area contributed by atoms with Gasteiger partial charge in [-0.15, -0.1) is 0 Å². The molecule has 0 aromatic rings. The van der Waals surface area contributed by atoms with Crippen LogP contribution in [-0.2, 0) is 23.7 Å². The first-order chi connectivity index (χ1) is 9.59. The summed E-state index contributed by atoms with van der Waals surface area (Å²) in [5.74, 6) is -0.646. The number of ether oxygens (including phenoxy) is 5. The summed E-state index contributed by atoms with van der Waals surface area (Å²) >= 11 is 0. The summed E-state index contributed by atoms with van der Waals surface area (Å²) in [4.78, 5) is 0. The number of aliphatic hydroxyl groups excluding tert-OH is 1. The summed E-state index contributed by atoms with van der Waals surface area (Å²) in [6.07, 6.45) is -2.10. The fourth-order valence-electron chi connectivity index (χ4n) is 2.32. The lowest BCUT2D eigenvalue weighted by atomic mass is 10.0. The van der Waals surface area contributed by atoms with Crippen molar-refractivity contribution in [2.45, 2.75) is 70.4 Å². The van der Waals surface area contributed by atoms with Crippen molar-refractivity contribution in [1.29, 1.82) is 0 Å². The summed E-state index contributed by atoms with van der Waals surface area (Å²) in [5, 5.41) is 10.3. The SMILES string of the molecule is CO[C@H]([C@@H](OC)[C@@H](O)COC(C)(C)C)[C@@H]1COC(C)(C)O1. The molecular weight excluding hydrogens is 276 g/mol. The van der Waals surface area contributed by atoms with Crippen LogP contribution in [0.2, 0.25) is 0 Å². The van der Waals surface area contributed by atoms with E-state index in [0.29, 0.717) is 6.61 Å². The minimum Gasteiger partial charge on any atom is -0.388 e. The highest BCUT2D eigenvalue weighted by Gasteiger charge is 2.43. The van der Waals surface area contributed by atoms with Crippen LogP contribution >= 0.6 is 0 Å². The Balaban J connectivity index is 2.67. The monoisotopic (exact) mass is 306 g/mol. The molecule has 1 heterocycles. The smallest absolute Gasteiger partial charge is 0.163 e. The van der Waals surface area contributed by atoms with Crippen LogP contribution in [0, 0.1) is 0 Å². The van der Waals surface area contributed by atoms with E-state index in [1.165, 1.54) is 7.11 Å². The van der Waals surface area contributed by atoms with Crippen LogP contribution < -0.4 is 0 Å². The van der Waals surface area contributed by atoms with Gasteiger partial charge in [0, 0.05) is 14.2 Å². The van der Waals surface area contributed by atoms with E-state index in [1.54, 1.807) is 7.11 Å². The van der Waals surface area contributed by atoms with Gasteiger partial charge in [0.25, 0.3) is 0 Å². The van der Waals surface area contributed by atoms with Gasteiger partial charge in [0.2, 0.25) is 0 Å². The maximum atomic E-state index is 10.3. The molecule has 21 heavy (non-hydrogen) atoms. The Hall–Kier alpha value is -0.240. The van der Waals surface area contributed by atoms with Crippen molar-refractivity contribution >= 4 is 0 Å². The first kappa shape index (κ1) is 18.8. The van der Waals surface area contributed by atoms with E-state index in [9.17, 15) is 5.11 Å². The van der Waals surface area contributed by atoms with Gasteiger partial charge >= 0.3 is 0 Å². The van der Waals surface area contributed by atoms with Crippen molar-refractivity contribution < 1.29 is 28.8 Å². The van der Waals surface area contributed by atoms with Crippen molar-refractivity contribution in [1.82, 2.24) is 0 Å². The summed E-state index contributed by atoms with van der Waals surface area (Å²) < 4.78 is 27.9. The molecule has 1 N–H and O–H groups in total. The molecule has 6 nitrogen and oxygen atoms in total. The molecule has 6 heteroatoms. The van der Waals surface area contributed by atoms with Crippen LogP contribution in [0.25, 0.3) is 0 Å². The highest BCUT2D eigenvalue weighted by Crippen LogP contribution is 2.28. The van der Waals surface area contributed by atoms with Gasteiger partial charge in [0.15, 0.2) is 5.79 Å². The van der Waals surface area contributed by atoms with Crippen molar-refractivity contribution in [2.75, 3.05) is 27.4 Å². The van der Waals surface area contributed by atoms with E-state index in [-0.39, 0.29) is 18.3 Å². The number of rotatable bonds is 7. The third kappa shape index (κ3) is 5.81. The number of hydrogen-bond donors (Lipinski definition) is 1. The Bertz CT molecular complexity index is 312. The summed E-state index contributed by atoms with van der Waals surface area (Å²) in [6.45, 7) is 10.1. The lowest BCUT2D eigenvalue weighted by molar-refractivity contribution is -0.186. The molecule has 0 amide bonds. The molecule has 1 rings (SSSR count). The van der Waals surface area contributed by atoms with Crippen LogP contribution in [0.1, 0.15) is 34.6 Å². The molecule has 1 fully saturated rings. The van der Waals surface area contributed by atoms with Crippen LogP contribution in [0.3, 0.4) is 0 Å². The van der Waals surface area contributed by atoms with Gasteiger partial charge in [-0.2, -0.15) is 0 Å². The largest absolute Gasteiger partial charge is 0.388 e. The Morgan fingerprint density at radius 2 is 1.86 bits per heavy atom. The number of hydrogen-bond acceptors (Lipinski definition) is 6. The van der Waals surface area contributed by atoms with Crippen molar-refractivity contribution in [3.05, 3.63) is 0 Å². The zero-order valence-electron chi connectivity index (χ0n) is 14.2. The fraction of sp³-hybridized carbons (Fsp3) is 1.00. The Labute approximate surface area is 127 Å². The average molecular weight is 306 g/mol. The second-order valence-electron chi connectivity index (χ2n) is 6.76. The highest BCUT2D eigenvalue weighted by atomic mass is 16.8. The number of aliphatic hydroxyl groups is 1. The lowest BCUT2D eigenvalue weighted by Gasteiger charge is -2.33. The molecule has 126 valence electrons.